The maximum absolute atomic E-state index is 15.4. The van der Waals surface area contributed by atoms with Gasteiger partial charge in [-0.05, 0) is 76.2 Å². The molecule has 0 saturated heterocycles. The molecule has 0 unspecified atom stereocenters. The molecule has 36 heavy (non-hydrogen) atoms. The Morgan fingerprint density at radius 2 is 1.17 bits per heavy atom. The summed E-state index contributed by atoms with van der Waals surface area (Å²) in [6.45, 7) is 11.9. The van der Waals surface area contributed by atoms with Crippen molar-refractivity contribution < 1.29 is 18.8 Å². The molecule has 0 saturated carbocycles. The van der Waals surface area contributed by atoms with E-state index >= 15 is 4.57 Å². The minimum Gasteiger partial charge on any atom is -0.453 e. The van der Waals surface area contributed by atoms with E-state index in [-0.39, 0.29) is 0 Å². The van der Waals surface area contributed by atoms with Crippen molar-refractivity contribution in [2.75, 3.05) is 0 Å². The van der Waals surface area contributed by atoms with Crippen molar-refractivity contribution >= 4 is 23.1 Å². The predicted molar refractivity (Wildman–Crippen MR) is 147 cm³/mol. The van der Waals surface area contributed by atoms with Crippen molar-refractivity contribution in [2.45, 2.75) is 47.3 Å². The summed E-state index contributed by atoms with van der Waals surface area (Å²) < 4.78 is 34.0. The van der Waals surface area contributed by atoms with Crippen LogP contribution in [-0.2, 0) is 4.57 Å². The van der Waals surface area contributed by atoms with Crippen LogP contribution in [0.15, 0.2) is 78.9 Å². The fourth-order valence-electron chi connectivity index (χ4n) is 4.86. The third-order valence-electron chi connectivity index (χ3n) is 6.18. The van der Waals surface area contributed by atoms with Gasteiger partial charge in [0.25, 0.3) is 0 Å². The first-order chi connectivity index (χ1) is 17.0. The maximum Gasteiger partial charge on any atom is 0.246 e. The molecule has 0 atom stereocenters. The first-order valence-electron chi connectivity index (χ1n) is 12.1. The third-order valence-corrected chi connectivity index (χ3v) is 9.14. The molecule has 0 aromatic heterocycles. The molecule has 1 aliphatic rings. The first kappa shape index (κ1) is 24.2. The summed E-state index contributed by atoms with van der Waals surface area (Å²) in [4.78, 5) is 0. The van der Waals surface area contributed by atoms with Gasteiger partial charge in [-0.1, -0.05) is 52.6 Å². The number of hydrogen-bond donors (Lipinski definition) is 0. The van der Waals surface area contributed by atoms with Crippen molar-refractivity contribution in [2.24, 2.45) is 0 Å². The summed E-state index contributed by atoms with van der Waals surface area (Å²) in [5.41, 5.74) is 4.27. The second-order valence-electron chi connectivity index (χ2n) is 10.1. The van der Waals surface area contributed by atoms with Crippen molar-refractivity contribution in [1.29, 1.82) is 0 Å². The lowest BCUT2D eigenvalue weighted by molar-refractivity contribution is -0.0438. The zero-order valence-corrected chi connectivity index (χ0v) is 22.5. The lowest BCUT2D eigenvalue weighted by Gasteiger charge is -2.23. The second-order valence-corrected chi connectivity index (χ2v) is 12.9. The Kier molecular flexibility index (Phi) is 5.97. The van der Waals surface area contributed by atoms with E-state index in [1.165, 1.54) is 0 Å². The zero-order chi connectivity index (χ0) is 25.7. The average molecular weight is 499 g/mol. The monoisotopic (exact) mass is 498 g/mol. The minimum absolute atomic E-state index is 0.480. The number of ether oxygens (including phenoxy) is 3. The van der Waals surface area contributed by atoms with E-state index in [2.05, 4.69) is 12.1 Å². The lowest BCUT2D eigenvalue weighted by atomic mass is 10.2. The number of hydrogen-bond acceptors (Lipinski definition) is 4. The maximum atomic E-state index is 15.4. The van der Waals surface area contributed by atoms with Gasteiger partial charge in [-0.25, -0.2) is 0 Å². The minimum atomic E-state index is -3.31. The highest BCUT2D eigenvalue weighted by atomic mass is 31.2. The number of aryl methyl sites for hydroxylation is 4. The fourth-order valence-corrected chi connectivity index (χ4v) is 7.89. The zero-order valence-electron chi connectivity index (χ0n) is 21.6. The van der Waals surface area contributed by atoms with Gasteiger partial charge in [0.1, 0.15) is 5.75 Å². The molecular weight excluding hydrogens is 467 g/mol. The highest BCUT2D eigenvalue weighted by Crippen LogP contribution is 2.51. The standard InChI is InChI=1S/C31H31O4P/c1-20-12-21(2)15-25(14-20)36(32,26-16-22(3)13-23(4)17-26)27-18-28(33-24-10-8-7-9-11-24)30-29(19-27)34-31(5,6)35-30/h7-19H,1-6H3. The van der Waals surface area contributed by atoms with E-state index in [0.29, 0.717) is 28.3 Å². The highest BCUT2D eigenvalue weighted by molar-refractivity contribution is 7.85. The Morgan fingerprint density at radius 1 is 0.667 bits per heavy atom. The van der Waals surface area contributed by atoms with Crippen LogP contribution in [0.4, 0.5) is 0 Å². The molecule has 0 N–H and O–H groups in total. The lowest BCUT2D eigenvalue weighted by Crippen LogP contribution is -2.29. The van der Waals surface area contributed by atoms with Crippen LogP contribution in [0, 0.1) is 27.7 Å². The SMILES string of the molecule is Cc1cc(C)cc(P(=O)(c2cc(C)cc(C)c2)c2cc(Oc3ccccc3)c3c(c2)OC(C)(C)O3)c1. The first-order valence-corrected chi connectivity index (χ1v) is 13.8. The Balaban J connectivity index is 1.79. The molecule has 0 aliphatic carbocycles. The normalized spacial score (nSPS) is 14.1. The molecule has 5 rings (SSSR count). The quantitative estimate of drug-likeness (QED) is 0.282. The van der Waals surface area contributed by atoms with Crippen molar-refractivity contribution in [1.82, 2.24) is 0 Å². The van der Waals surface area contributed by atoms with Crippen LogP contribution < -0.4 is 30.1 Å². The van der Waals surface area contributed by atoms with E-state index < -0.39 is 12.9 Å². The summed E-state index contributed by atoms with van der Waals surface area (Å²) >= 11 is 0. The van der Waals surface area contributed by atoms with Crippen LogP contribution in [-0.4, -0.2) is 5.79 Å². The van der Waals surface area contributed by atoms with E-state index in [9.17, 15) is 0 Å². The Hall–Kier alpha value is -3.49. The van der Waals surface area contributed by atoms with Gasteiger partial charge in [0, 0.05) is 29.8 Å². The largest absolute Gasteiger partial charge is 0.453 e. The molecule has 0 radical (unpaired) electrons. The second kappa shape index (κ2) is 8.87. The number of fused-ring (bicyclic) bond motifs is 1. The molecule has 4 aromatic carbocycles. The fraction of sp³-hybridized carbons (Fsp3) is 0.226. The van der Waals surface area contributed by atoms with Crippen LogP contribution in [0.25, 0.3) is 0 Å². The molecular formula is C31H31O4P. The highest BCUT2D eigenvalue weighted by Gasteiger charge is 2.39. The van der Waals surface area contributed by atoms with Crippen molar-refractivity contribution in [3.63, 3.8) is 0 Å². The topological polar surface area (TPSA) is 44.8 Å². The van der Waals surface area contributed by atoms with Crippen LogP contribution in [0.5, 0.6) is 23.0 Å². The van der Waals surface area contributed by atoms with E-state index in [1.807, 2.05) is 108 Å². The van der Waals surface area contributed by atoms with E-state index in [0.717, 1.165) is 32.9 Å². The summed E-state index contributed by atoms with van der Waals surface area (Å²) in [5, 5.41) is 2.21. The van der Waals surface area contributed by atoms with Crippen LogP contribution in [0.2, 0.25) is 0 Å². The van der Waals surface area contributed by atoms with Gasteiger partial charge in [0.05, 0.1) is 0 Å². The Bertz CT molecular complexity index is 1410. The predicted octanol–water partition coefficient (Wildman–Crippen LogP) is 6.86. The molecule has 184 valence electrons. The smallest absolute Gasteiger partial charge is 0.246 e. The molecule has 0 spiro atoms. The third kappa shape index (κ3) is 4.54. The van der Waals surface area contributed by atoms with Gasteiger partial charge in [-0.3, -0.25) is 0 Å². The number of para-hydroxylation sites is 1. The average Bonchev–Trinajstić information content (AvgIpc) is 3.12. The molecule has 5 heteroatoms. The van der Waals surface area contributed by atoms with Gasteiger partial charge < -0.3 is 18.8 Å². The summed E-state index contributed by atoms with van der Waals surface area (Å²) in [7, 11) is -3.31. The van der Waals surface area contributed by atoms with Crippen LogP contribution >= 0.6 is 7.14 Å². The molecule has 0 fully saturated rings. The molecule has 1 aliphatic heterocycles. The van der Waals surface area contributed by atoms with Gasteiger partial charge in [-0.2, -0.15) is 0 Å². The van der Waals surface area contributed by atoms with Gasteiger partial charge in [-0.15, -0.1) is 0 Å². The van der Waals surface area contributed by atoms with E-state index in [1.54, 1.807) is 0 Å². The summed E-state index contributed by atoms with van der Waals surface area (Å²) in [6.07, 6.45) is 0. The molecule has 1 heterocycles. The summed E-state index contributed by atoms with van der Waals surface area (Å²) in [5.74, 6) is 1.32. The molecule has 4 nitrogen and oxygen atoms in total. The molecule has 0 bridgehead atoms. The van der Waals surface area contributed by atoms with Gasteiger partial charge in [0.15, 0.2) is 18.6 Å². The van der Waals surface area contributed by atoms with Crippen LogP contribution in [0.1, 0.15) is 36.1 Å². The van der Waals surface area contributed by atoms with Crippen LogP contribution in [0.3, 0.4) is 0 Å². The Labute approximate surface area is 213 Å². The Morgan fingerprint density at radius 3 is 1.69 bits per heavy atom. The molecule has 0 amide bonds. The van der Waals surface area contributed by atoms with Crippen molar-refractivity contribution in [3.8, 4) is 23.0 Å². The number of benzene rings is 4. The molecule has 4 aromatic rings. The summed E-state index contributed by atoms with van der Waals surface area (Å²) in [6, 6.07) is 25.5. The number of rotatable bonds is 5. The van der Waals surface area contributed by atoms with Gasteiger partial charge >= 0.3 is 0 Å². The van der Waals surface area contributed by atoms with Gasteiger partial charge in [0.2, 0.25) is 11.5 Å². The van der Waals surface area contributed by atoms with E-state index in [4.69, 9.17) is 14.2 Å². The van der Waals surface area contributed by atoms with Crippen molar-refractivity contribution in [3.05, 3.63) is 101 Å².